The van der Waals surface area contributed by atoms with Gasteiger partial charge in [0.1, 0.15) is 0 Å². The minimum absolute atomic E-state index is 0.196. The van der Waals surface area contributed by atoms with Gasteiger partial charge in [0.2, 0.25) is 0 Å². The van der Waals surface area contributed by atoms with E-state index in [1.54, 1.807) is 0 Å². The molecule has 0 fully saturated rings. The van der Waals surface area contributed by atoms with Crippen molar-refractivity contribution in [3.8, 4) is 0 Å². The Labute approximate surface area is 98.8 Å². The Balaban J connectivity index is 2.44. The molecule has 0 saturated heterocycles. The summed E-state index contributed by atoms with van der Waals surface area (Å²) >= 11 is 0. The van der Waals surface area contributed by atoms with Crippen LogP contribution in [0.3, 0.4) is 0 Å². The minimum atomic E-state index is 0.196. The molecule has 0 atom stereocenters. The van der Waals surface area contributed by atoms with Crippen molar-refractivity contribution in [2.45, 2.75) is 34.1 Å². The molecule has 0 saturated carbocycles. The number of allylic oxidation sites excluding steroid dienone is 9. The summed E-state index contributed by atoms with van der Waals surface area (Å²) in [7, 11) is 0. The van der Waals surface area contributed by atoms with Gasteiger partial charge in [-0.3, -0.25) is 0 Å². The van der Waals surface area contributed by atoms with Crippen molar-refractivity contribution < 1.29 is 0 Å². The van der Waals surface area contributed by atoms with E-state index >= 15 is 0 Å². The first-order valence-corrected chi connectivity index (χ1v) is 5.89. The van der Waals surface area contributed by atoms with Crippen molar-refractivity contribution in [2.75, 3.05) is 0 Å². The van der Waals surface area contributed by atoms with E-state index in [0.717, 1.165) is 12.0 Å². The number of hydrogen-bond donors (Lipinski definition) is 0. The molecular formula is C16H20. The van der Waals surface area contributed by atoms with Gasteiger partial charge in [0.05, 0.1) is 0 Å². The molecule has 0 amide bonds. The lowest BCUT2D eigenvalue weighted by Crippen LogP contribution is -2.11. The highest BCUT2D eigenvalue weighted by Gasteiger charge is 2.27. The predicted molar refractivity (Wildman–Crippen MR) is 71.2 cm³/mol. The molecule has 2 rings (SSSR count). The summed E-state index contributed by atoms with van der Waals surface area (Å²) in [6.07, 6.45) is 9.99. The molecule has 0 aromatic rings. The smallest absolute Gasteiger partial charge is 0.00856 e. The third-order valence-corrected chi connectivity index (χ3v) is 3.25. The molecule has 0 heteroatoms. The summed E-state index contributed by atoms with van der Waals surface area (Å²) in [5.41, 5.74) is 7.03. The van der Waals surface area contributed by atoms with E-state index in [1.807, 2.05) is 0 Å². The molecule has 0 aliphatic heterocycles. The Kier molecular flexibility index (Phi) is 2.53. The molecule has 0 unspecified atom stereocenters. The molecule has 2 aliphatic rings. The van der Waals surface area contributed by atoms with E-state index in [4.69, 9.17) is 0 Å². The van der Waals surface area contributed by atoms with Gasteiger partial charge in [0.25, 0.3) is 0 Å². The normalized spacial score (nSPS) is 20.6. The molecule has 16 heavy (non-hydrogen) atoms. The third kappa shape index (κ3) is 1.84. The summed E-state index contributed by atoms with van der Waals surface area (Å²) in [6, 6.07) is 0. The van der Waals surface area contributed by atoms with E-state index in [-0.39, 0.29) is 5.41 Å². The summed E-state index contributed by atoms with van der Waals surface area (Å²) < 4.78 is 0. The molecule has 0 aromatic carbocycles. The lowest BCUT2D eigenvalue weighted by Gasteiger charge is -2.24. The van der Waals surface area contributed by atoms with Gasteiger partial charge in [-0.1, -0.05) is 45.6 Å². The molecule has 0 heterocycles. The van der Waals surface area contributed by atoms with Gasteiger partial charge in [-0.05, 0) is 52.7 Å². The summed E-state index contributed by atoms with van der Waals surface area (Å²) in [6.45, 7) is 13.1. The highest BCUT2D eigenvalue weighted by molar-refractivity contribution is 5.64. The number of hydrogen-bond acceptors (Lipinski definition) is 0. The highest BCUT2D eigenvalue weighted by atomic mass is 14.3. The van der Waals surface area contributed by atoms with Crippen LogP contribution in [-0.2, 0) is 0 Å². The zero-order valence-electron chi connectivity index (χ0n) is 10.7. The summed E-state index contributed by atoms with van der Waals surface area (Å²) in [5, 5.41) is 0. The Morgan fingerprint density at radius 2 is 1.88 bits per heavy atom. The maximum absolute atomic E-state index is 4.07. The molecule has 0 spiro atoms. The van der Waals surface area contributed by atoms with E-state index < -0.39 is 0 Å². The van der Waals surface area contributed by atoms with Crippen molar-refractivity contribution in [2.24, 2.45) is 5.41 Å². The second-order valence-corrected chi connectivity index (χ2v) is 5.71. The Morgan fingerprint density at radius 1 is 1.19 bits per heavy atom. The van der Waals surface area contributed by atoms with E-state index in [2.05, 4.69) is 58.6 Å². The highest BCUT2D eigenvalue weighted by Crippen LogP contribution is 2.42. The van der Waals surface area contributed by atoms with Crippen molar-refractivity contribution in [1.29, 1.82) is 0 Å². The fourth-order valence-electron chi connectivity index (χ4n) is 2.38. The van der Waals surface area contributed by atoms with Gasteiger partial charge in [-0.15, -0.1) is 0 Å². The second-order valence-electron chi connectivity index (χ2n) is 5.71. The van der Waals surface area contributed by atoms with E-state index in [1.165, 1.54) is 22.3 Å². The average Bonchev–Trinajstić information content (AvgIpc) is 2.70. The Bertz CT molecular complexity index is 457. The first-order valence-electron chi connectivity index (χ1n) is 5.89. The average molecular weight is 212 g/mol. The standard InChI is InChI=1S/C16H20/c1-11-9-14(13-8-6-7-12(13)2)15(10-11)16(3,4)5/h6-7,9-10H,1,8H2,2-5H3. The molecule has 84 valence electrons. The predicted octanol–water partition coefficient (Wildman–Crippen LogP) is 4.73. The lowest BCUT2D eigenvalue weighted by molar-refractivity contribution is 0.513. The maximum atomic E-state index is 4.07. The van der Waals surface area contributed by atoms with Crippen LogP contribution >= 0.6 is 0 Å². The molecule has 0 bridgehead atoms. The van der Waals surface area contributed by atoms with Crippen LogP contribution in [-0.4, -0.2) is 0 Å². The fourth-order valence-corrected chi connectivity index (χ4v) is 2.38. The maximum Gasteiger partial charge on any atom is -0.00856 e. The largest absolute Gasteiger partial charge is 0.0917 e. The molecule has 2 aliphatic carbocycles. The van der Waals surface area contributed by atoms with Crippen molar-refractivity contribution >= 4 is 0 Å². The van der Waals surface area contributed by atoms with Crippen molar-refractivity contribution in [3.05, 3.63) is 58.7 Å². The van der Waals surface area contributed by atoms with E-state index in [9.17, 15) is 0 Å². The lowest BCUT2D eigenvalue weighted by atomic mass is 9.80. The molecule has 0 N–H and O–H groups in total. The second kappa shape index (κ2) is 3.62. The summed E-state index contributed by atoms with van der Waals surface area (Å²) in [4.78, 5) is 0. The van der Waals surface area contributed by atoms with Crippen LogP contribution < -0.4 is 0 Å². The molecule has 0 nitrogen and oxygen atoms in total. The Morgan fingerprint density at radius 3 is 2.38 bits per heavy atom. The minimum Gasteiger partial charge on any atom is -0.0917 e. The van der Waals surface area contributed by atoms with Crippen LogP contribution in [0.15, 0.2) is 58.7 Å². The van der Waals surface area contributed by atoms with Gasteiger partial charge < -0.3 is 0 Å². The third-order valence-electron chi connectivity index (χ3n) is 3.25. The van der Waals surface area contributed by atoms with Gasteiger partial charge in [-0.25, -0.2) is 0 Å². The van der Waals surface area contributed by atoms with Crippen LogP contribution in [0.25, 0.3) is 0 Å². The van der Waals surface area contributed by atoms with Crippen LogP contribution in [0.2, 0.25) is 0 Å². The number of rotatable bonds is 1. The van der Waals surface area contributed by atoms with Gasteiger partial charge in [0, 0.05) is 0 Å². The SMILES string of the molecule is C=C1C=C(C2=C(C)C=CC2)C(C(C)(C)C)=C1. The molecular weight excluding hydrogens is 192 g/mol. The van der Waals surface area contributed by atoms with Crippen molar-refractivity contribution in [3.63, 3.8) is 0 Å². The first kappa shape index (κ1) is 11.2. The quantitative estimate of drug-likeness (QED) is 0.589. The van der Waals surface area contributed by atoms with Gasteiger partial charge in [0.15, 0.2) is 0 Å². The monoisotopic (exact) mass is 212 g/mol. The Hall–Kier alpha value is -1.30. The van der Waals surface area contributed by atoms with Crippen molar-refractivity contribution in [1.82, 2.24) is 0 Å². The van der Waals surface area contributed by atoms with Crippen LogP contribution in [0.5, 0.6) is 0 Å². The van der Waals surface area contributed by atoms with Crippen LogP contribution in [0.1, 0.15) is 34.1 Å². The summed E-state index contributed by atoms with van der Waals surface area (Å²) in [5.74, 6) is 0. The van der Waals surface area contributed by atoms with Gasteiger partial charge in [-0.2, -0.15) is 0 Å². The zero-order chi connectivity index (χ0) is 11.9. The molecule has 0 radical (unpaired) electrons. The van der Waals surface area contributed by atoms with Crippen LogP contribution in [0.4, 0.5) is 0 Å². The molecule has 0 aromatic heterocycles. The van der Waals surface area contributed by atoms with Gasteiger partial charge >= 0.3 is 0 Å². The zero-order valence-corrected chi connectivity index (χ0v) is 10.7. The fraction of sp³-hybridized carbons (Fsp3) is 0.375. The van der Waals surface area contributed by atoms with Crippen LogP contribution in [0, 0.1) is 5.41 Å². The topological polar surface area (TPSA) is 0 Å². The van der Waals surface area contributed by atoms with E-state index in [0.29, 0.717) is 0 Å². The first-order chi connectivity index (χ1) is 7.39.